The Kier molecular flexibility index (Phi) is 4.27. The normalized spacial score (nSPS) is 29.3. The van der Waals surface area contributed by atoms with Crippen LogP contribution in [-0.2, 0) is 16.0 Å². The second-order valence-corrected chi connectivity index (χ2v) is 7.30. The molecule has 7 heteroatoms. The molecular formula is C18H24N2O5. The molecule has 0 spiro atoms. The molecule has 136 valence electrons. The zero-order chi connectivity index (χ0) is 17.6. The summed E-state index contributed by atoms with van der Waals surface area (Å²) >= 11 is 0. The standard InChI is InChI=1S/C18H24N2O5/c1-2-14-15(16(19-25-14)10-5-7-24-8-6-10)17(21)20-11-3-4-13(20)12(9-11)18(22)23/h10-13H,2-9H2,1H3,(H,22,23)/t11-,12-,13+/m1/s1. The zero-order valence-corrected chi connectivity index (χ0v) is 14.4. The lowest BCUT2D eigenvalue weighted by molar-refractivity contribution is -0.142. The van der Waals surface area contributed by atoms with Crippen molar-refractivity contribution in [3.8, 4) is 0 Å². The van der Waals surface area contributed by atoms with E-state index in [1.54, 1.807) is 0 Å². The molecule has 4 rings (SSSR count). The van der Waals surface area contributed by atoms with Crippen LogP contribution in [0.1, 0.15) is 66.8 Å². The first kappa shape index (κ1) is 16.6. The fourth-order valence-corrected chi connectivity index (χ4v) is 4.76. The lowest BCUT2D eigenvalue weighted by Gasteiger charge is -2.25. The van der Waals surface area contributed by atoms with Gasteiger partial charge in [-0.05, 0) is 32.1 Å². The molecule has 3 fully saturated rings. The van der Waals surface area contributed by atoms with Gasteiger partial charge in [0.1, 0.15) is 11.3 Å². The molecule has 1 aromatic heterocycles. The summed E-state index contributed by atoms with van der Waals surface area (Å²) in [4.78, 5) is 26.7. The maximum absolute atomic E-state index is 13.4. The van der Waals surface area contributed by atoms with Gasteiger partial charge in [-0.2, -0.15) is 0 Å². The number of hydrogen-bond donors (Lipinski definition) is 1. The number of nitrogens with zero attached hydrogens (tertiary/aromatic N) is 2. The summed E-state index contributed by atoms with van der Waals surface area (Å²) in [6.07, 6.45) is 4.49. The molecular weight excluding hydrogens is 324 g/mol. The molecule has 7 nitrogen and oxygen atoms in total. The van der Waals surface area contributed by atoms with Gasteiger partial charge < -0.3 is 19.3 Å². The molecule has 4 heterocycles. The molecule has 1 aromatic rings. The summed E-state index contributed by atoms with van der Waals surface area (Å²) in [6.45, 7) is 3.29. The molecule has 3 saturated heterocycles. The van der Waals surface area contributed by atoms with E-state index in [1.807, 2.05) is 11.8 Å². The van der Waals surface area contributed by atoms with Crippen molar-refractivity contribution >= 4 is 11.9 Å². The lowest BCUT2D eigenvalue weighted by Crippen LogP contribution is -2.38. The largest absolute Gasteiger partial charge is 0.481 e. The maximum Gasteiger partial charge on any atom is 0.308 e. The van der Waals surface area contributed by atoms with E-state index >= 15 is 0 Å². The van der Waals surface area contributed by atoms with Gasteiger partial charge in [-0.3, -0.25) is 9.59 Å². The van der Waals surface area contributed by atoms with Crippen molar-refractivity contribution in [3.05, 3.63) is 17.0 Å². The second-order valence-electron chi connectivity index (χ2n) is 7.30. The van der Waals surface area contributed by atoms with Crippen molar-refractivity contribution in [1.29, 1.82) is 0 Å². The van der Waals surface area contributed by atoms with E-state index in [4.69, 9.17) is 9.26 Å². The van der Waals surface area contributed by atoms with Crippen molar-refractivity contribution in [1.82, 2.24) is 10.1 Å². The summed E-state index contributed by atoms with van der Waals surface area (Å²) in [5.41, 5.74) is 1.32. The van der Waals surface area contributed by atoms with E-state index in [9.17, 15) is 14.7 Å². The average Bonchev–Trinajstić information content (AvgIpc) is 3.33. The first-order valence-corrected chi connectivity index (χ1v) is 9.23. The van der Waals surface area contributed by atoms with Gasteiger partial charge >= 0.3 is 5.97 Å². The van der Waals surface area contributed by atoms with Gasteiger partial charge in [0.25, 0.3) is 5.91 Å². The third-order valence-corrected chi connectivity index (χ3v) is 6.02. The van der Waals surface area contributed by atoms with Crippen LogP contribution in [0.5, 0.6) is 0 Å². The van der Waals surface area contributed by atoms with Crippen LogP contribution in [0.3, 0.4) is 0 Å². The number of carbonyl (C=O) groups excluding carboxylic acids is 1. The fraction of sp³-hybridized carbons (Fsp3) is 0.722. The molecule has 0 unspecified atom stereocenters. The van der Waals surface area contributed by atoms with E-state index in [0.29, 0.717) is 37.4 Å². The predicted molar refractivity (Wildman–Crippen MR) is 87.4 cm³/mol. The number of carboxylic acids is 1. The highest BCUT2D eigenvalue weighted by Crippen LogP contribution is 2.43. The Morgan fingerprint density at radius 3 is 2.64 bits per heavy atom. The van der Waals surface area contributed by atoms with Crippen LogP contribution in [0.15, 0.2) is 4.52 Å². The maximum atomic E-state index is 13.4. The Morgan fingerprint density at radius 2 is 2.00 bits per heavy atom. The second kappa shape index (κ2) is 6.44. The van der Waals surface area contributed by atoms with E-state index in [-0.39, 0.29) is 23.9 Å². The van der Waals surface area contributed by atoms with Gasteiger partial charge in [0.2, 0.25) is 0 Å². The monoisotopic (exact) mass is 348 g/mol. The molecule has 3 aliphatic heterocycles. The SMILES string of the molecule is CCc1onc(C2CCOCC2)c1C(=O)N1[C@@H]2CC[C@H]1[C@H](C(=O)O)C2. The molecule has 2 bridgehead atoms. The number of carbonyl (C=O) groups is 2. The Balaban J connectivity index is 1.66. The van der Waals surface area contributed by atoms with Crippen molar-refractivity contribution in [2.24, 2.45) is 5.92 Å². The van der Waals surface area contributed by atoms with Gasteiger partial charge in [0, 0.05) is 37.6 Å². The number of aromatic nitrogens is 1. The molecule has 1 amide bonds. The summed E-state index contributed by atoms with van der Waals surface area (Å²) in [5.74, 6) is -0.539. The Labute approximate surface area is 146 Å². The Bertz CT molecular complexity index is 679. The minimum Gasteiger partial charge on any atom is -0.481 e. The van der Waals surface area contributed by atoms with Crippen molar-refractivity contribution in [2.45, 2.75) is 63.5 Å². The predicted octanol–water partition coefficient (Wildman–Crippen LogP) is 2.21. The van der Waals surface area contributed by atoms with Gasteiger partial charge in [-0.25, -0.2) is 0 Å². The van der Waals surface area contributed by atoms with E-state index in [1.165, 1.54) is 0 Å². The van der Waals surface area contributed by atoms with E-state index < -0.39 is 11.9 Å². The van der Waals surface area contributed by atoms with Crippen LogP contribution in [0.2, 0.25) is 0 Å². The molecule has 0 aromatic carbocycles. The van der Waals surface area contributed by atoms with Gasteiger partial charge in [-0.1, -0.05) is 12.1 Å². The summed E-state index contributed by atoms with van der Waals surface area (Å²) in [7, 11) is 0. The number of fused-ring (bicyclic) bond motifs is 2. The molecule has 0 radical (unpaired) electrons. The smallest absolute Gasteiger partial charge is 0.308 e. The van der Waals surface area contributed by atoms with Crippen molar-refractivity contribution in [2.75, 3.05) is 13.2 Å². The molecule has 3 atom stereocenters. The summed E-state index contributed by atoms with van der Waals surface area (Å²) < 4.78 is 10.9. The van der Waals surface area contributed by atoms with E-state index in [2.05, 4.69) is 5.16 Å². The Hall–Kier alpha value is -1.89. The van der Waals surface area contributed by atoms with Gasteiger partial charge in [0.15, 0.2) is 0 Å². The minimum absolute atomic E-state index is 0.0285. The van der Waals surface area contributed by atoms with Crippen LogP contribution >= 0.6 is 0 Å². The number of rotatable bonds is 4. The molecule has 1 N–H and O–H groups in total. The first-order chi connectivity index (χ1) is 12.1. The number of carboxylic acid groups (broad SMARTS) is 1. The van der Waals surface area contributed by atoms with E-state index in [0.717, 1.165) is 31.4 Å². The van der Waals surface area contributed by atoms with Gasteiger partial charge in [0.05, 0.1) is 11.6 Å². The number of aryl methyl sites for hydroxylation is 1. The first-order valence-electron chi connectivity index (χ1n) is 9.23. The third-order valence-electron chi connectivity index (χ3n) is 6.02. The topological polar surface area (TPSA) is 92.9 Å². The molecule has 25 heavy (non-hydrogen) atoms. The fourth-order valence-electron chi connectivity index (χ4n) is 4.76. The summed E-state index contributed by atoms with van der Waals surface area (Å²) in [6, 6.07) is -0.169. The number of aliphatic carboxylic acids is 1. The quantitative estimate of drug-likeness (QED) is 0.897. The molecule has 0 aliphatic carbocycles. The lowest BCUT2D eigenvalue weighted by atomic mass is 9.89. The Morgan fingerprint density at radius 1 is 1.24 bits per heavy atom. The van der Waals surface area contributed by atoms with Crippen LogP contribution in [0, 0.1) is 5.92 Å². The van der Waals surface area contributed by atoms with Crippen molar-refractivity contribution in [3.63, 3.8) is 0 Å². The third kappa shape index (κ3) is 2.65. The molecule has 3 aliphatic rings. The minimum atomic E-state index is -0.796. The molecule has 0 saturated carbocycles. The van der Waals surface area contributed by atoms with Gasteiger partial charge in [-0.15, -0.1) is 0 Å². The van der Waals surface area contributed by atoms with Crippen LogP contribution < -0.4 is 0 Å². The van der Waals surface area contributed by atoms with Crippen LogP contribution in [-0.4, -0.2) is 52.3 Å². The average molecular weight is 348 g/mol. The highest BCUT2D eigenvalue weighted by molar-refractivity contribution is 5.97. The zero-order valence-electron chi connectivity index (χ0n) is 14.4. The highest BCUT2D eigenvalue weighted by Gasteiger charge is 2.52. The van der Waals surface area contributed by atoms with Crippen LogP contribution in [0.4, 0.5) is 0 Å². The number of amides is 1. The highest BCUT2D eigenvalue weighted by atomic mass is 16.5. The number of hydrogen-bond acceptors (Lipinski definition) is 5. The summed E-state index contributed by atoms with van der Waals surface area (Å²) in [5, 5.41) is 13.7. The number of ether oxygens (including phenoxy) is 1. The van der Waals surface area contributed by atoms with Crippen LogP contribution in [0.25, 0.3) is 0 Å². The van der Waals surface area contributed by atoms with Crippen molar-refractivity contribution < 1.29 is 24.0 Å².